The van der Waals surface area contributed by atoms with Crippen LogP contribution in [0.15, 0.2) is 30.3 Å². The van der Waals surface area contributed by atoms with Gasteiger partial charge in [-0.25, -0.2) is 0 Å². The van der Waals surface area contributed by atoms with Crippen LogP contribution in [0.3, 0.4) is 0 Å². The Hall–Kier alpha value is -0.860. The van der Waals surface area contributed by atoms with E-state index >= 15 is 0 Å². The van der Waals surface area contributed by atoms with E-state index in [0.717, 1.165) is 12.5 Å². The van der Waals surface area contributed by atoms with Crippen molar-refractivity contribution in [3.8, 4) is 0 Å². The van der Waals surface area contributed by atoms with Gasteiger partial charge < -0.3 is 4.90 Å². The molecule has 0 aromatic heterocycles. The van der Waals surface area contributed by atoms with E-state index in [9.17, 15) is 0 Å². The third-order valence-electron chi connectivity index (χ3n) is 3.60. The van der Waals surface area contributed by atoms with Crippen molar-refractivity contribution in [1.82, 2.24) is 9.80 Å². The summed E-state index contributed by atoms with van der Waals surface area (Å²) in [6.07, 6.45) is 2.72. The zero-order valence-corrected chi connectivity index (χ0v) is 11.1. The van der Waals surface area contributed by atoms with E-state index in [4.69, 9.17) is 0 Å². The van der Waals surface area contributed by atoms with Crippen LogP contribution in [0.25, 0.3) is 0 Å². The van der Waals surface area contributed by atoms with Crippen molar-refractivity contribution < 1.29 is 0 Å². The molecule has 1 aliphatic heterocycles. The standard InChI is InChI=1S/C15H24N2/c1-16(2)10-8-15-9-11-17(13-15)12-14-6-4-3-5-7-14/h3-7,15H,8-13H2,1-2H3. The lowest BCUT2D eigenvalue weighted by Gasteiger charge is -2.17. The largest absolute Gasteiger partial charge is 0.309 e. The maximum Gasteiger partial charge on any atom is 0.0233 e. The molecule has 0 N–H and O–H groups in total. The van der Waals surface area contributed by atoms with Crippen LogP contribution in [0.1, 0.15) is 18.4 Å². The lowest BCUT2D eigenvalue weighted by molar-refractivity contribution is 0.300. The maximum atomic E-state index is 2.59. The molecule has 0 aliphatic carbocycles. The second kappa shape index (κ2) is 6.18. The molecular weight excluding hydrogens is 208 g/mol. The van der Waals surface area contributed by atoms with Gasteiger partial charge in [0, 0.05) is 13.1 Å². The lowest BCUT2D eigenvalue weighted by Crippen LogP contribution is -2.22. The fourth-order valence-electron chi connectivity index (χ4n) is 2.57. The highest BCUT2D eigenvalue weighted by molar-refractivity contribution is 5.14. The van der Waals surface area contributed by atoms with Gasteiger partial charge in [-0.3, -0.25) is 4.90 Å². The Balaban J connectivity index is 1.74. The summed E-state index contributed by atoms with van der Waals surface area (Å²) in [6.45, 7) is 4.90. The molecule has 1 heterocycles. The molecular formula is C15H24N2. The Morgan fingerprint density at radius 1 is 1.24 bits per heavy atom. The predicted octanol–water partition coefficient (Wildman–Crippen LogP) is 2.46. The SMILES string of the molecule is CN(C)CCC1CCN(Cc2ccccc2)C1. The van der Waals surface area contributed by atoms with Crippen LogP contribution in [0.2, 0.25) is 0 Å². The average Bonchev–Trinajstić information content (AvgIpc) is 2.75. The zero-order valence-electron chi connectivity index (χ0n) is 11.1. The zero-order chi connectivity index (χ0) is 12.1. The number of rotatable bonds is 5. The minimum Gasteiger partial charge on any atom is -0.309 e. The van der Waals surface area contributed by atoms with Crippen LogP contribution >= 0.6 is 0 Å². The third-order valence-corrected chi connectivity index (χ3v) is 3.60. The molecule has 1 atom stereocenters. The highest BCUT2D eigenvalue weighted by Crippen LogP contribution is 2.21. The molecule has 0 saturated carbocycles. The number of hydrogen-bond donors (Lipinski definition) is 0. The summed E-state index contributed by atoms with van der Waals surface area (Å²) in [4.78, 5) is 4.88. The van der Waals surface area contributed by atoms with Gasteiger partial charge in [0.25, 0.3) is 0 Å². The smallest absolute Gasteiger partial charge is 0.0233 e. The van der Waals surface area contributed by atoms with Gasteiger partial charge in [-0.1, -0.05) is 30.3 Å². The van der Waals surface area contributed by atoms with Gasteiger partial charge in [0.15, 0.2) is 0 Å². The Kier molecular flexibility index (Phi) is 4.57. The summed E-state index contributed by atoms with van der Waals surface area (Å²) in [5, 5.41) is 0. The van der Waals surface area contributed by atoms with Crippen molar-refractivity contribution in [3.05, 3.63) is 35.9 Å². The predicted molar refractivity (Wildman–Crippen MR) is 73.0 cm³/mol. The molecule has 1 aromatic carbocycles. The van der Waals surface area contributed by atoms with Gasteiger partial charge in [0.1, 0.15) is 0 Å². The lowest BCUT2D eigenvalue weighted by atomic mass is 10.1. The number of hydrogen-bond acceptors (Lipinski definition) is 2. The van der Waals surface area contributed by atoms with E-state index in [1.165, 1.54) is 38.0 Å². The van der Waals surface area contributed by atoms with Crippen molar-refractivity contribution in [3.63, 3.8) is 0 Å². The molecule has 0 radical (unpaired) electrons. The van der Waals surface area contributed by atoms with Gasteiger partial charge in [-0.2, -0.15) is 0 Å². The van der Waals surface area contributed by atoms with Crippen LogP contribution < -0.4 is 0 Å². The molecule has 0 bridgehead atoms. The molecule has 2 nitrogen and oxygen atoms in total. The van der Waals surface area contributed by atoms with Gasteiger partial charge in [-0.15, -0.1) is 0 Å². The summed E-state index contributed by atoms with van der Waals surface area (Å²) in [7, 11) is 4.33. The Bertz CT molecular complexity index is 321. The highest BCUT2D eigenvalue weighted by Gasteiger charge is 2.21. The fraction of sp³-hybridized carbons (Fsp3) is 0.600. The molecule has 94 valence electrons. The normalized spacial score (nSPS) is 21.2. The van der Waals surface area contributed by atoms with E-state index in [1.807, 2.05) is 0 Å². The van der Waals surface area contributed by atoms with Crippen LogP contribution in [0.4, 0.5) is 0 Å². The van der Waals surface area contributed by atoms with Gasteiger partial charge in [-0.05, 0) is 51.5 Å². The topological polar surface area (TPSA) is 6.48 Å². The average molecular weight is 232 g/mol. The van der Waals surface area contributed by atoms with E-state index in [-0.39, 0.29) is 0 Å². The maximum absolute atomic E-state index is 2.59. The molecule has 1 aromatic rings. The first-order valence-corrected chi connectivity index (χ1v) is 6.65. The second-order valence-electron chi connectivity index (χ2n) is 5.47. The Labute approximate surface area is 105 Å². The van der Waals surface area contributed by atoms with E-state index < -0.39 is 0 Å². The van der Waals surface area contributed by atoms with Gasteiger partial charge in [0.05, 0.1) is 0 Å². The first-order chi connectivity index (χ1) is 8.24. The van der Waals surface area contributed by atoms with E-state index in [0.29, 0.717) is 0 Å². The van der Waals surface area contributed by atoms with E-state index in [2.05, 4.69) is 54.2 Å². The Morgan fingerprint density at radius 2 is 2.00 bits per heavy atom. The van der Waals surface area contributed by atoms with Gasteiger partial charge in [0.2, 0.25) is 0 Å². The van der Waals surface area contributed by atoms with Crippen molar-refractivity contribution in [2.45, 2.75) is 19.4 Å². The monoisotopic (exact) mass is 232 g/mol. The first-order valence-electron chi connectivity index (χ1n) is 6.65. The van der Waals surface area contributed by atoms with Crippen LogP contribution in [0, 0.1) is 5.92 Å². The molecule has 0 amide bonds. The van der Waals surface area contributed by atoms with Crippen LogP contribution in [-0.4, -0.2) is 43.5 Å². The van der Waals surface area contributed by atoms with Crippen molar-refractivity contribution in [2.75, 3.05) is 33.7 Å². The summed E-state index contributed by atoms with van der Waals surface area (Å²) >= 11 is 0. The number of benzene rings is 1. The minimum absolute atomic E-state index is 0.904. The van der Waals surface area contributed by atoms with Crippen molar-refractivity contribution in [1.29, 1.82) is 0 Å². The summed E-state index contributed by atoms with van der Waals surface area (Å²) in [5.74, 6) is 0.904. The van der Waals surface area contributed by atoms with E-state index in [1.54, 1.807) is 0 Å². The highest BCUT2D eigenvalue weighted by atomic mass is 15.1. The molecule has 0 spiro atoms. The molecule has 2 rings (SSSR count). The van der Waals surface area contributed by atoms with Crippen LogP contribution in [-0.2, 0) is 6.54 Å². The molecule has 1 unspecified atom stereocenters. The molecule has 1 aliphatic rings. The third kappa shape index (κ3) is 4.14. The first kappa shape index (κ1) is 12.6. The summed E-state index contributed by atoms with van der Waals surface area (Å²) < 4.78 is 0. The second-order valence-corrected chi connectivity index (χ2v) is 5.47. The number of likely N-dealkylation sites (tertiary alicyclic amines) is 1. The molecule has 1 fully saturated rings. The summed E-state index contributed by atoms with van der Waals surface area (Å²) in [6, 6.07) is 10.8. The molecule has 1 saturated heterocycles. The quantitative estimate of drug-likeness (QED) is 0.769. The molecule has 2 heteroatoms. The number of nitrogens with zero attached hydrogens (tertiary/aromatic N) is 2. The van der Waals surface area contributed by atoms with Crippen molar-refractivity contribution in [2.24, 2.45) is 5.92 Å². The fourth-order valence-corrected chi connectivity index (χ4v) is 2.57. The van der Waals surface area contributed by atoms with Crippen molar-refractivity contribution >= 4 is 0 Å². The van der Waals surface area contributed by atoms with Crippen LogP contribution in [0.5, 0.6) is 0 Å². The Morgan fingerprint density at radius 3 is 2.71 bits per heavy atom. The summed E-state index contributed by atoms with van der Waals surface area (Å²) in [5.41, 5.74) is 1.45. The molecule has 17 heavy (non-hydrogen) atoms. The minimum atomic E-state index is 0.904. The van der Waals surface area contributed by atoms with Gasteiger partial charge >= 0.3 is 0 Å².